The second-order valence-corrected chi connectivity index (χ2v) is 3.64. The first kappa shape index (κ1) is 13.5. The zero-order chi connectivity index (χ0) is 13.2. The molecule has 0 aliphatic rings. The molecule has 1 atom stereocenters. The zero-order valence-corrected chi connectivity index (χ0v) is 9.71. The highest BCUT2D eigenvalue weighted by Crippen LogP contribution is 2.35. The van der Waals surface area contributed by atoms with Gasteiger partial charge < -0.3 is 4.74 Å². The number of hydrogen-bond donors (Lipinski definition) is 0. The minimum Gasteiger partial charge on any atom is -0.462 e. The smallest absolute Gasteiger partial charge is 0.341 e. The number of alkyl halides is 3. The molecule has 1 aromatic rings. The van der Waals surface area contributed by atoms with Crippen LogP contribution in [0.4, 0.5) is 13.2 Å². The van der Waals surface area contributed by atoms with Crippen molar-refractivity contribution in [1.82, 2.24) is 9.78 Å². The van der Waals surface area contributed by atoms with Gasteiger partial charge in [-0.15, -0.1) is 0 Å². The summed E-state index contributed by atoms with van der Waals surface area (Å²) < 4.78 is 44.9. The lowest BCUT2D eigenvalue weighted by atomic mass is 10.1. The quantitative estimate of drug-likeness (QED) is 0.770. The van der Waals surface area contributed by atoms with Gasteiger partial charge in [0, 0.05) is 20.2 Å². The molecule has 4 nitrogen and oxygen atoms in total. The fourth-order valence-electron chi connectivity index (χ4n) is 1.30. The molecule has 0 bridgehead atoms. The van der Waals surface area contributed by atoms with E-state index in [1.165, 1.54) is 7.05 Å². The van der Waals surface area contributed by atoms with E-state index in [0.717, 1.165) is 10.9 Å². The molecule has 0 saturated heterocycles. The highest BCUT2D eigenvalue weighted by Gasteiger charge is 2.40. The molecule has 0 fully saturated rings. The fraction of sp³-hybridized carbons (Fsp3) is 0.600. The van der Waals surface area contributed by atoms with Crippen LogP contribution in [-0.2, 0) is 11.8 Å². The Kier molecular flexibility index (Phi) is 3.79. The number of nitrogens with zero attached hydrogens (tertiary/aromatic N) is 2. The van der Waals surface area contributed by atoms with Gasteiger partial charge in [0.05, 0.1) is 6.61 Å². The van der Waals surface area contributed by atoms with Gasteiger partial charge in [-0.05, 0) is 6.92 Å². The summed E-state index contributed by atoms with van der Waals surface area (Å²) in [7, 11) is 1.41. The molecule has 0 aromatic carbocycles. The first-order valence-corrected chi connectivity index (χ1v) is 5.00. The standard InChI is InChI=1S/C10H13F3N2O2/c1-4-17-9(16)6-5-15(3)14-7(6)8(11)10(2,12)13/h5,8H,4H2,1-3H3. The van der Waals surface area contributed by atoms with Gasteiger partial charge in [-0.2, -0.15) is 5.10 Å². The minimum absolute atomic E-state index is 0.0760. The van der Waals surface area contributed by atoms with E-state index < -0.39 is 23.8 Å². The van der Waals surface area contributed by atoms with Crippen LogP contribution in [-0.4, -0.2) is 28.3 Å². The Hall–Kier alpha value is -1.53. The fourth-order valence-corrected chi connectivity index (χ4v) is 1.30. The van der Waals surface area contributed by atoms with E-state index in [2.05, 4.69) is 9.84 Å². The molecule has 0 saturated carbocycles. The van der Waals surface area contributed by atoms with Crippen molar-refractivity contribution >= 4 is 5.97 Å². The lowest BCUT2D eigenvalue weighted by Crippen LogP contribution is -2.21. The van der Waals surface area contributed by atoms with Crippen molar-refractivity contribution in [2.45, 2.75) is 25.9 Å². The normalized spacial score (nSPS) is 13.5. The average Bonchev–Trinajstić information content (AvgIpc) is 2.58. The monoisotopic (exact) mass is 250 g/mol. The maximum Gasteiger partial charge on any atom is 0.341 e. The molecular formula is C10H13F3N2O2. The van der Waals surface area contributed by atoms with Gasteiger partial charge in [-0.25, -0.2) is 18.0 Å². The van der Waals surface area contributed by atoms with Crippen LogP contribution in [0.5, 0.6) is 0 Å². The second-order valence-electron chi connectivity index (χ2n) is 3.64. The van der Waals surface area contributed by atoms with Crippen LogP contribution in [0.1, 0.15) is 36.1 Å². The number of carbonyl (C=O) groups is 1. The molecule has 96 valence electrons. The molecule has 1 rings (SSSR count). The predicted octanol–water partition coefficient (Wildman–Crippen LogP) is 2.26. The SMILES string of the molecule is CCOC(=O)c1cn(C)nc1C(F)C(C)(F)F. The van der Waals surface area contributed by atoms with E-state index in [4.69, 9.17) is 0 Å². The third kappa shape index (κ3) is 2.98. The minimum atomic E-state index is -3.60. The summed E-state index contributed by atoms with van der Waals surface area (Å²) in [5.41, 5.74) is -0.873. The van der Waals surface area contributed by atoms with Gasteiger partial charge in [-0.3, -0.25) is 4.68 Å². The Morgan fingerprint density at radius 3 is 2.71 bits per heavy atom. The lowest BCUT2D eigenvalue weighted by molar-refractivity contribution is -0.0587. The molecule has 0 spiro atoms. The topological polar surface area (TPSA) is 44.1 Å². The number of aromatic nitrogens is 2. The number of rotatable bonds is 4. The maximum atomic E-state index is 13.5. The molecule has 17 heavy (non-hydrogen) atoms. The van der Waals surface area contributed by atoms with E-state index >= 15 is 0 Å². The maximum absolute atomic E-state index is 13.5. The summed E-state index contributed by atoms with van der Waals surface area (Å²) in [6.07, 6.45) is -1.48. The number of ether oxygens (including phenoxy) is 1. The van der Waals surface area contributed by atoms with Crippen molar-refractivity contribution in [3.8, 4) is 0 Å². The first-order chi connectivity index (χ1) is 7.77. The number of esters is 1. The van der Waals surface area contributed by atoms with E-state index in [1.807, 2.05) is 0 Å². The molecule has 0 N–H and O–H groups in total. The van der Waals surface area contributed by atoms with Gasteiger partial charge in [0.15, 0.2) is 0 Å². The van der Waals surface area contributed by atoms with E-state index in [0.29, 0.717) is 6.92 Å². The number of aryl methyl sites for hydroxylation is 1. The Labute approximate surface area is 96.4 Å². The second kappa shape index (κ2) is 4.77. The molecule has 0 amide bonds. The molecule has 0 aliphatic heterocycles. The largest absolute Gasteiger partial charge is 0.462 e. The van der Waals surface area contributed by atoms with Crippen LogP contribution in [0.15, 0.2) is 6.20 Å². The highest BCUT2D eigenvalue weighted by molar-refractivity contribution is 5.90. The third-order valence-electron chi connectivity index (χ3n) is 2.04. The molecule has 1 heterocycles. The third-order valence-corrected chi connectivity index (χ3v) is 2.04. The van der Waals surface area contributed by atoms with E-state index in [9.17, 15) is 18.0 Å². The highest BCUT2D eigenvalue weighted by atomic mass is 19.3. The van der Waals surface area contributed by atoms with Gasteiger partial charge in [-0.1, -0.05) is 0 Å². The van der Waals surface area contributed by atoms with Crippen LogP contribution < -0.4 is 0 Å². The molecule has 7 heteroatoms. The summed E-state index contributed by atoms with van der Waals surface area (Å²) in [5.74, 6) is -4.46. The van der Waals surface area contributed by atoms with Crippen molar-refractivity contribution in [2.75, 3.05) is 6.61 Å². The van der Waals surface area contributed by atoms with Crippen molar-refractivity contribution in [2.24, 2.45) is 7.05 Å². The Bertz CT molecular complexity index is 412. The van der Waals surface area contributed by atoms with Gasteiger partial charge in [0.1, 0.15) is 11.3 Å². The summed E-state index contributed by atoms with van der Waals surface area (Å²) in [5, 5.41) is 3.54. The number of hydrogen-bond acceptors (Lipinski definition) is 3. The van der Waals surface area contributed by atoms with Crippen LogP contribution in [0, 0.1) is 0 Å². The van der Waals surface area contributed by atoms with Gasteiger partial charge >= 0.3 is 5.97 Å². The predicted molar refractivity (Wildman–Crippen MR) is 53.6 cm³/mol. The van der Waals surface area contributed by atoms with Crippen LogP contribution in [0.25, 0.3) is 0 Å². The summed E-state index contributed by atoms with van der Waals surface area (Å²) >= 11 is 0. The van der Waals surface area contributed by atoms with E-state index in [-0.39, 0.29) is 12.2 Å². The number of halogens is 3. The lowest BCUT2D eigenvalue weighted by Gasteiger charge is -2.14. The Balaban J connectivity index is 3.12. The summed E-state index contributed by atoms with van der Waals surface area (Å²) in [4.78, 5) is 11.4. The Morgan fingerprint density at radius 1 is 1.65 bits per heavy atom. The van der Waals surface area contributed by atoms with Crippen molar-refractivity contribution in [3.63, 3.8) is 0 Å². The van der Waals surface area contributed by atoms with Crippen molar-refractivity contribution in [3.05, 3.63) is 17.5 Å². The van der Waals surface area contributed by atoms with Crippen LogP contribution >= 0.6 is 0 Å². The summed E-state index contributed by atoms with van der Waals surface area (Å²) in [6.45, 7) is 2.07. The van der Waals surface area contributed by atoms with Crippen molar-refractivity contribution in [1.29, 1.82) is 0 Å². The zero-order valence-electron chi connectivity index (χ0n) is 9.71. The first-order valence-electron chi connectivity index (χ1n) is 5.00. The van der Waals surface area contributed by atoms with Gasteiger partial charge in [0.2, 0.25) is 6.17 Å². The Morgan fingerprint density at radius 2 is 2.24 bits per heavy atom. The summed E-state index contributed by atoms with van der Waals surface area (Å²) in [6, 6.07) is 0. The number of carbonyl (C=O) groups excluding carboxylic acids is 1. The molecule has 1 unspecified atom stereocenters. The average molecular weight is 250 g/mol. The molecule has 0 radical (unpaired) electrons. The van der Waals surface area contributed by atoms with Crippen LogP contribution in [0.3, 0.4) is 0 Å². The van der Waals surface area contributed by atoms with Crippen molar-refractivity contribution < 1.29 is 22.7 Å². The molecular weight excluding hydrogens is 237 g/mol. The molecule has 1 aromatic heterocycles. The van der Waals surface area contributed by atoms with Crippen LogP contribution in [0.2, 0.25) is 0 Å². The van der Waals surface area contributed by atoms with E-state index in [1.54, 1.807) is 6.92 Å². The van der Waals surface area contributed by atoms with Gasteiger partial charge in [0.25, 0.3) is 5.92 Å². The molecule has 0 aliphatic carbocycles.